The van der Waals surface area contributed by atoms with E-state index in [1.54, 1.807) is 24.3 Å². The van der Waals surface area contributed by atoms with E-state index in [-0.39, 0.29) is 5.92 Å². The zero-order chi connectivity index (χ0) is 19.7. The van der Waals surface area contributed by atoms with Crippen molar-refractivity contribution in [3.05, 3.63) is 65.0 Å². The first-order valence-corrected chi connectivity index (χ1v) is 10.9. The number of aromatic nitrogens is 2. The van der Waals surface area contributed by atoms with Crippen molar-refractivity contribution >= 4 is 21.6 Å². The summed E-state index contributed by atoms with van der Waals surface area (Å²) in [5, 5.41) is 4.69. The summed E-state index contributed by atoms with van der Waals surface area (Å²) < 4.78 is 32.9. The van der Waals surface area contributed by atoms with E-state index in [1.807, 2.05) is 31.2 Å². The van der Waals surface area contributed by atoms with Crippen molar-refractivity contribution in [2.24, 2.45) is 0 Å². The summed E-state index contributed by atoms with van der Waals surface area (Å²) in [4.78, 5) is 4.80. The third-order valence-corrected chi connectivity index (χ3v) is 7.07. The van der Waals surface area contributed by atoms with Gasteiger partial charge in [-0.3, -0.25) is 0 Å². The Morgan fingerprint density at radius 3 is 2.54 bits per heavy atom. The largest absolute Gasteiger partial charge is 0.339 e. The van der Waals surface area contributed by atoms with Gasteiger partial charge in [0.25, 0.3) is 0 Å². The van der Waals surface area contributed by atoms with Gasteiger partial charge in [0.1, 0.15) is 0 Å². The number of aryl methyl sites for hydroxylation is 1. The van der Waals surface area contributed by atoms with Crippen LogP contribution < -0.4 is 0 Å². The number of benzene rings is 2. The smallest absolute Gasteiger partial charge is 0.243 e. The number of hydrogen-bond donors (Lipinski definition) is 0. The van der Waals surface area contributed by atoms with Crippen molar-refractivity contribution in [2.75, 3.05) is 13.1 Å². The molecule has 0 radical (unpaired) electrons. The molecular weight excluding hydrogens is 398 g/mol. The minimum absolute atomic E-state index is 0.123. The van der Waals surface area contributed by atoms with E-state index in [9.17, 15) is 8.42 Å². The van der Waals surface area contributed by atoms with Crippen LogP contribution in [0.3, 0.4) is 0 Å². The quantitative estimate of drug-likeness (QED) is 0.633. The molecule has 1 saturated heterocycles. The Morgan fingerprint density at radius 2 is 1.82 bits per heavy atom. The molecule has 0 saturated carbocycles. The van der Waals surface area contributed by atoms with Crippen LogP contribution >= 0.6 is 11.6 Å². The lowest BCUT2D eigenvalue weighted by Crippen LogP contribution is -2.39. The Kier molecular flexibility index (Phi) is 5.23. The molecule has 3 aromatic rings. The van der Waals surface area contributed by atoms with Gasteiger partial charge in [-0.05, 0) is 56.2 Å². The first-order valence-electron chi connectivity index (χ1n) is 9.10. The van der Waals surface area contributed by atoms with Gasteiger partial charge in [-0.25, -0.2) is 8.42 Å². The van der Waals surface area contributed by atoms with E-state index in [0.717, 1.165) is 24.0 Å². The molecule has 0 amide bonds. The summed E-state index contributed by atoms with van der Waals surface area (Å²) in [6.45, 7) is 2.75. The number of rotatable bonds is 4. The van der Waals surface area contributed by atoms with Crippen molar-refractivity contribution in [3.63, 3.8) is 0 Å². The van der Waals surface area contributed by atoms with Gasteiger partial charge >= 0.3 is 0 Å². The fraction of sp³-hybridized carbons (Fsp3) is 0.300. The Hall–Kier alpha value is -2.22. The minimum atomic E-state index is -3.54. The van der Waals surface area contributed by atoms with Crippen LogP contribution in [0, 0.1) is 6.92 Å². The van der Waals surface area contributed by atoms with Crippen molar-refractivity contribution in [1.82, 2.24) is 14.4 Å². The molecule has 6 nitrogen and oxygen atoms in total. The third kappa shape index (κ3) is 3.83. The number of halogens is 1. The van der Waals surface area contributed by atoms with Gasteiger partial charge in [0, 0.05) is 23.7 Å². The fourth-order valence-electron chi connectivity index (χ4n) is 3.34. The van der Waals surface area contributed by atoms with E-state index in [1.165, 1.54) is 4.31 Å². The minimum Gasteiger partial charge on any atom is -0.339 e. The lowest BCUT2D eigenvalue weighted by atomic mass is 10.00. The normalized spacial score (nSPS) is 18.3. The molecule has 0 N–H and O–H groups in total. The predicted octanol–water partition coefficient (Wildman–Crippen LogP) is 4.27. The van der Waals surface area contributed by atoms with Crippen molar-refractivity contribution < 1.29 is 12.9 Å². The van der Waals surface area contributed by atoms with Gasteiger partial charge < -0.3 is 4.52 Å². The van der Waals surface area contributed by atoms with Crippen LogP contribution in [0.4, 0.5) is 0 Å². The third-order valence-electron chi connectivity index (χ3n) is 4.94. The first-order chi connectivity index (χ1) is 13.4. The van der Waals surface area contributed by atoms with Crippen molar-refractivity contribution in [3.8, 4) is 11.4 Å². The fourth-order valence-corrected chi connectivity index (χ4v) is 4.99. The highest BCUT2D eigenvalue weighted by Gasteiger charge is 2.33. The predicted molar refractivity (Wildman–Crippen MR) is 107 cm³/mol. The molecule has 1 fully saturated rings. The highest BCUT2D eigenvalue weighted by Crippen LogP contribution is 2.31. The standard InChI is InChI=1S/C20H20ClN3O3S/c1-14-4-10-18(11-5-14)28(25,26)24-12-2-3-16(13-24)20-22-19(23-27-20)15-6-8-17(21)9-7-15/h4-11,16H,2-3,12-13H2,1H3/t16-/m0/s1. The molecule has 4 rings (SSSR count). The molecule has 1 aliphatic rings. The second-order valence-corrected chi connectivity index (χ2v) is 9.35. The maximum atomic E-state index is 13.0. The topological polar surface area (TPSA) is 76.3 Å². The van der Waals surface area contributed by atoms with Crippen LogP contribution in [0.2, 0.25) is 5.02 Å². The van der Waals surface area contributed by atoms with E-state index in [4.69, 9.17) is 16.1 Å². The van der Waals surface area contributed by atoms with Crippen LogP contribution in [-0.4, -0.2) is 36.0 Å². The Balaban J connectivity index is 1.54. The summed E-state index contributed by atoms with van der Waals surface area (Å²) >= 11 is 5.92. The molecule has 0 bridgehead atoms. The average molecular weight is 418 g/mol. The number of piperidine rings is 1. The maximum Gasteiger partial charge on any atom is 0.243 e. The lowest BCUT2D eigenvalue weighted by molar-refractivity contribution is 0.265. The number of nitrogens with zero attached hydrogens (tertiary/aromatic N) is 3. The molecule has 1 aliphatic heterocycles. The molecule has 1 atom stereocenters. The molecule has 2 heterocycles. The molecule has 28 heavy (non-hydrogen) atoms. The Bertz CT molecular complexity index is 1060. The van der Waals surface area contributed by atoms with Crippen LogP contribution in [0.5, 0.6) is 0 Å². The molecule has 2 aromatic carbocycles. The zero-order valence-corrected chi connectivity index (χ0v) is 16.9. The molecule has 0 spiro atoms. The van der Waals surface area contributed by atoms with Gasteiger partial charge in [-0.15, -0.1) is 0 Å². The van der Waals surface area contributed by atoms with Crippen LogP contribution in [0.25, 0.3) is 11.4 Å². The lowest BCUT2D eigenvalue weighted by Gasteiger charge is -2.30. The summed E-state index contributed by atoms with van der Waals surface area (Å²) in [6.07, 6.45) is 1.55. The summed E-state index contributed by atoms with van der Waals surface area (Å²) in [6, 6.07) is 14.1. The van der Waals surface area contributed by atoms with Crippen molar-refractivity contribution in [2.45, 2.75) is 30.6 Å². The van der Waals surface area contributed by atoms with Gasteiger partial charge in [-0.2, -0.15) is 9.29 Å². The second kappa shape index (κ2) is 7.66. The molecule has 146 valence electrons. The maximum absolute atomic E-state index is 13.0. The number of sulfonamides is 1. The summed E-state index contributed by atoms with van der Waals surface area (Å²) in [7, 11) is -3.54. The SMILES string of the molecule is Cc1ccc(S(=O)(=O)N2CCC[C@H](c3nc(-c4ccc(Cl)cc4)no3)C2)cc1. The molecule has 0 aliphatic carbocycles. The molecular formula is C20H20ClN3O3S. The number of hydrogen-bond acceptors (Lipinski definition) is 5. The van der Waals surface area contributed by atoms with E-state index in [2.05, 4.69) is 10.1 Å². The van der Waals surface area contributed by atoms with Gasteiger partial charge in [-0.1, -0.05) is 34.5 Å². The van der Waals surface area contributed by atoms with Crippen LogP contribution in [0.15, 0.2) is 57.9 Å². The highest BCUT2D eigenvalue weighted by molar-refractivity contribution is 7.89. The van der Waals surface area contributed by atoms with Crippen molar-refractivity contribution in [1.29, 1.82) is 0 Å². The summed E-state index contributed by atoms with van der Waals surface area (Å²) in [5.74, 6) is 0.821. The molecule has 1 aromatic heterocycles. The van der Waals surface area contributed by atoms with E-state index in [0.29, 0.717) is 34.7 Å². The van der Waals surface area contributed by atoms with E-state index >= 15 is 0 Å². The zero-order valence-electron chi connectivity index (χ0n) is 15.4. The highest BCUT2D eigenvalue weighted by atomic mass is 35.5. The van der Waals surface area contributed by atoms with Crippen LogP contribution in [0.1, 0.15) is 30.2 Å². The summed E-state index contributed by atoms with van der Waals surface area (Å²) in [5.41, 5.74) is 1.83. The van der Waals surface area contributed by atoms with Gasteiger partial charge in [0.2, 0.25) is 21.7 Å². The van der Waals surface area contributed by atoms with E-state index < -0.39 is 10.0 Å². The monoisotopic (exact) mass is 417 g/mol. The Morgan fingerprint density at radius 1 is 1.11 bits per heavy atom. The first kappa shape index (κ1) is 19.1. The average Bonchev–Trinajstić information content (AvgIpc) is 3.19. The molecule has 8 heteroatoms. The second-order valence-electron chi connectivity index (χ2n) is 6.98. The van der Waals surface area contributed by atoms with Crippen LogP contribution in [-0.2, 0) is 10.0 Å². The van der Waals surface area contributed by atoms with Gasteiger partial charge in [0.05, 0.1) is 10.8 Å². The van der Waals surface area contributed by atoms with Gasteiger partial charge in [0.15, 0.2) is 0 Å². The Labute approximate surface area is 169 Å². The molecule has 0 unspecified atom stereocenters.